The number of carbonyl (C=O) groups excluding carboxylic acids is 1. The van der Waals surface area contributed by atoms with E-state index >= 15 is 0 Å². The molecule has 1 atom stereocenters. The number of rotatable bonds is 8. The molecule has 0 heterocycles. The predicted molar refractivity (Wildman–Crippen MR) is 86.6 cm³/mol. The molecule has 0 aliphatic carbocycles. The van der Waals surface area contributed by atoms with Crippen LogP contribution in [0.5, 0.6) is 5.75 Å². The van der Waals surface area contributed by atoms with Crippen molar-refractivity contribution in [1.82, 2.24) is 4.90 Å². The standard InChI is InChI=1S/C17H25FN2O2/c1-4-13(3)20(5-2)17(21)15-6-8-16(9-7-15)22-12-14(10-18)11-19/h6-10,13H,4-5,11-12,19H2,1-3H3/b14-10-. The van der Waals surface area contributed by atoms with E-state index in [1.165, 1.54) is 0 Å². The van der Waals surface area contributed by atoms with E-state index in [1.54, 1.807) is 24.3 Å². The summed E-state index contributed by atoms with van der Waals surface area (Å²) < 4.78 is 17.8. The highest BCUT2D eigenvalue weighted by Crippen LogP contribution is 2.16. The number of nitrogens with two attached hydrogens (primary N) is 1. The average molecular weight is 308 g/mol. The summed E-state index contributed by atoms with van der Waals surface area (Å²) in [6.45, 7) is 6.97. The zero-order valence-electron chi connectivity index (χ0n) is 13.5. The predicted octanol–water partition coefficient (Wildman–Crippen LogP) is 3.14. The Labute approximate surface area is 131 Å². The Balaban J connectivity index is 2.73. The molecule has 22 heavy (non-hydrogen) atoms. The van der Waals surface area contributed by atoms with Crippen LogP contribution < -0.4 is 10.5 Å². The molecule has 2 N–H and O–H groups in total. The molecule has 0 radical (unpaired) electrons. The van der Waals surface area contributed by atoms with Gasteiger partial charge in [0, 0.05) is 30.3 Å². The summed E-state index contributed by atoms with van der Waals surface area (Å²) in [5.74, 6) is 0.589. The van der Waals surface area contributed by atoms with Crippen LogP contribution in [0.25, 0.3) is 0 Å². The second kappa shape index (κ2) is 9.20. The van der Waals surface area contributed by atoms with Crippen LogP contribution in [-0.2, 0) is 0 Å². The smallest absolute Gasteiger partial charge is 0.254 e. The van der Waals surface area contributed by atoms with Gasteiger partial charge in [-0.15, -0.1) is 0 Å². The SMILES string of the molecule is CCC(C)N(CC)C(=O)c1ccc(OC/C(=C\F)CN)cc1. The topological polar surface area (TPSA) is 55.6 Å². The largest absolute Gasteiger partial charge is 0.489 e. The first-order valence-electron chi connectivity index (χ1n) is 7.59. The molecular formula is C17H25FN2O2. The Hall–Kier alpha value is -1.88. The van der Waals surface area contributed by atoms with Crippen molar-refractivity contribution in [3.05, 3.63) is 41.7 Å². The molecular weight excluding hydrogens is 283 g/mol. The van der Waals surface area contributed by atoms with Crippen LogP contribution in [0.3, 0.4) is 0 Å². The van der Waals surface area contributed by atoms with Crippen molar-refractivity contribution in [2.24, 2.45) is 5.73 Å². The van der Waals surface area contributed by atoms with Crippen molar-refractivity contribution < 1.29 is 13.9 Å². The molecule has 1 rings (SSSR count). The molecule has 0 aromatic heterocycles. The van der Waals surface area contributed by atoms with Gasteiger partial charge in [0.25, 0.3) is 5.91 Å². The number of ether oxygens (including phenoxy) is 1. The monoisotopic (exact) mass is 308 g/mol. The second-order valence-electron chi connectivity index (χ2n) is 5.13. The zero-order chi connectivity index (χ0) is 16.5. The number of carbonyl (C=O) groups is 1. The van der Waals surface area contributed by atoms with Crippen LogP contribution >= 0.6 is 0 Å². The van der Waals surface area contributed by atoms with Gasteiger partial charge >= 0.3 is 0 Å². The van der Waals surface area contributed by atoms with E-state index in [4.69, 9.17) is 10.5 Å². The summed E-state index contributed by atoms with van der Waals surface area (Å²) in [4.78, 5) is 14.3. The van der Waals surface area contributed by atoms with Gasteiger partial charge in [0.05, 0.1) is 6.33 Å². The molecule has 1 unspecified atom stereocenters. The van der Waals surface area contributed by atoms with Gasteiger partial charge in [0.15, 0.2) is 0 Å². The van der Waals surface area contributed by atoms with Crippen molar-refractivity contribution in [2.75, 3.05) is 19.7 Å². The highest BCUT2D eigenvalue weighted by molar-refractivity contribution is 5.94. The van der Waals surface area contributed by atoms with Crippen LogP contribution in [0.4, 0.5) is 4.39 Å². The van der Waals surface area contributed by atoms with E-state index in [9.17, 15) is 9.18 Å². The van der Waals surface area contributed by atoms with E-state index in [2.05, 4.69) is 6.92 Å². The van der Waals surface area contributed by atoms with Crippen molar-refractivity contribution in [3.63, 3.8) is 0 Å². The van der Waals surface area contributed by atoms with Gasteiger partial charge in [0.2, 0.25) is 0 Å². The van der Waals surface area contributed by atoms with Crippen LogP contribution in [0.15, 0.2) is 36.2 Å². The zero-order valence-corrected chi connectivity index (χ0v) is 13.5. The number of hydrogen-bond acceptors (Lipinski definition) is 3. The first-order valence-corrected chi connectivity index (χ1v) is 7.59. The Morgan fingerprint density at radius 3 is 2.45 bits per heavy atom. The lowest BCUT2D eigenvalue weighted by Gasteiger charge is -2.27. The van der Waals surface area contributed by atoms with Crippen LogP contribution in [0.2, 0.25) is 0 Å². The summed E-state index contributed by atoms with van der Waals surface area (Å²) in [6.07, 6.45) is 1.38. The molecule has 1 aromatic rings. The maximum Gasteiger partial charge on any atom is 0.254 e. The minimum Gasteiger partial charge on any atom is -0.489 e. The number of nitrogens with zero attached hydrogens (tertiary/aromatic N) is 1. The lowest BCUT2D eigenvalue weighted by Crippen LogP contribution is -2.38. The number of hydrogen-bond donors (Lipinski definition) is 1. The third-order valence-corrected chi connectivity index (χ3v) is 3.67. The molecule has 0 spiro atoms. The van der Waals surface area contributed by atoms with Crippen molar-refractivity contribution >= 4 is 5.91 Å². The second-order valence-corrected chi connectivity index (χ2v) is 5.13. The Morgan fingerprint density at radius 2 is 2.00 bits per heavy atom. The first kappa shape index (κ1) is 18.2. The maximum absolute atomic E-state index is 12.5. The third-order valence-electron chi connectivity index (χ3n) is 3.67. The molecule has 0 aliphatic rings. The van der Waals surface area contributed by atoms with Crippen LogP contribution in [0, 0.1) is 0 Å². The van der Waals surface area contributed by atoms with Gasteiger partial charge in [0.1, 0.15) is 12.4 Å². The first-order chi connectivity index (χ1) is 10.6. The fourth-order valence-corrected chi connectivity index (χ4v) is 2.05. The molecule has 0 bridgehead atoms. The minimum atomic E-state index is 0.00898. The number of halogens is 1. The Bertz CT molecular complexity index is 500. The van der Waals surface area contributed by atoms with E-state index in [0.29, 0.717) is 29.8 Å². The van der Waals surface area contributed by atoms with E-state index in [0.717, 1.165) is 6.42 Å². The van der Waals surface area contributed by atoms with Gasteiger partial charge in [-0.1, -0.05) is 6.92 Å². The molecule has 4 nitrogen and oxygen atoms in total. The molecule has 1 aromatic carbocycles. The summed E-state index contributed by atoms with van der Waals surface area (Å²) in [5.41, 5.74) is 6.37. The quantitative estimate of drug-likeness (QED) is 0.802. The molecule has 0 aliphatic heterocycles. The van der Waals surface area contributed by atoms with Crippen LogP contribution in [-0.4, -0.2) is 36.5 Å². The summed E-state index contributed by atoms with van der Waals surface area (Å²) in [6, 6.07) is 7.08. The average Bonchev–Trinajstić information content (AvgIpc) is 2.56. The Morgan fingerprint density at radius 1 is 1.36 bits per heavy atom. The van der Waals surface area contributed by atoms with Crippen molar-refractivity contribution in [1.29, 1.82) is 0 Å². The number of benzene rings is 1. The highest BCUT2D eigenvalue weighted by Gasteiger charge is 2.18. The van der Waals surface area contributed by atoms with Gasteiger partial charge in [-0.05, 0) is 44.5 Å². The normalized spacial score (nSPS) is 12.9. The van der Waals surface area contributed by atoms with Gasteiger partial charge in [-0.25, -0.2) is 4.39 Å². The van der Waals surface area contributed by atoms with E-state index in [-0.39, 0.29) is 25.1 Å². The third kappa shape index (κ3) is 4.84. The van der Waals surface area contributed by atoms with Gasteiger partial charge in [-0.2, -0.15) is 0 Å². The van der Waals surface area contributed by atoms with Gasteiger partial charge in [-0.3, -0.25) is 4.79 Å². The number of amides is 1. The lowest BCUT2D eigenvalue weighted by molar-refractivity contribution is 0.0700. The summed E-state index contributed by atoms with van der Waals surface area (Å²) in [5, 5.41) is 0. The molecule has 0 saturated carbocycles. The summed E-state index contributed by atoms with van der Waals surface area (Å²) >= 11 is 0. The van der Waals surface area contributed by atoms with E-state index in [1.807, 2.05) is 18.7 Å². The van der Waals surface area contributed by atoms with Crippen LogP contribution in [0.1, 0.15) is 37.6 Å². The lowest BCUT2D eigenvalue weighted by atomic mass is 10.1. The van der Waals surface area contributed by atoms with Crippen molar-refractivity contribution in [2.45, 2.75) is 33.2 Å². The van der Waals surface area contributed by atoms with Gasteiger partial charge < -0.3 is 15.4 Å². The molecule has 0 saturated heterocycles. The highest BCUT2D eigenvalue weighted by atomic mass is 19.1. The fraction of sp³-hybridized carbons (Fsp3) is 0.471. The molecule has 122 valence electrons. The molecule has 1 amide bonds. The summed E-state index contributed by atoms with van der Waals surface area (Å²) in [7, 11) is 0. The van der Waals surface area contributed by atoms with Crippen molar-refractivity contribution in [3.8, 4) is 5.75 Å². The minimum absolute atomic E-state index is 0.00898. The fourth-order valence-electron chi connectivity index (χ4n) is 2.05. The molecule has 0 fully saturated rings. The van der Waals surface area contributed by atoms with E-state index < -0.39 is 0 Å². The maximum atomic E-state index is 12.5. The Kier molecular flexibility index (Phi) is 7.60. The molecule has 5 heteroatoms.